The number of nitrogens with two attached hydrogens (primary N) is 1. The molecule has 0 aromatic carbocycles. The third kappa shape index (κ3) is 8.44. The van der Waals surface area contributed by atoms with Crippen molar-refractivity contribution in [3.05, 3.63) is 0 Å². The Kier molecular flexibility index (Phi) is 8.17. The Hall–Kier alpha value is -1.28. The van der Waals surface area contributed by atoms with Crippen LogP contribution in [-0.4, -0.2) is 51.1 Å². The Morgan fingerprint density at radius 2 is 1.79 bits per heavy atom. The largest absolute Gasteiger partial charge is 0.480 e. The second-order valence-electron chi connectivity index (χ2n) is 4.32. The summed E-state index contributed by atoms with van der Waals surface area (Å²) in [6.45, 7) is 3.86. The minimum Gasteiger partial charge on any atom is -0.480 e. The topological polar surface area (TPSA) is 130 Å². The van der Waals surface area contributed by atoms with Gasteiger partial charge in [-0.3, -0.25) is 9.59 Å². The average Bonchev–Trinajstić information content (AvgIpc) is 2.30. The van der Waals surface area contributed by atoms with Gasteiger partial charge in [-0.2, -0.15) is 11.8 Å². The number of hydrogen-bond acceptors (Lipinski definition) is 5. The van der Waals surface area contributed by atoms with E-state index in [2.05, 4.69) is 5.32 Å². The number of thioether (sulfide) groups is 1. The SMILES string of the molecule is CC(C)SC[C@H](NC(=O)CCC(N)C(=O)O)C(=O)O. The van der Waals surface area contributed by atoms with Crippen LogP contribution in [0.25, 0.3) is 0 Å². The molecule has 0 aliphatic heterocycles. The molecule has 0 radical (unpaired) electrons. The molecule has 0 aliphatic carbocycles. The number of rotatable bonds is 9. The summed E-state index contributed by atoms with van der Waals surface area (Å²) in [5, 5.41) is 20.1. The second-order valence-corrected chi connectivity index (χ2v) is 5.93. The molecule has 0 bridgehead atoms. The molecule has 2 atom stereocenters. The Bertz CT molecular complexity index is 335. The van der Waals surface area contributed by atoms with Crippen LogP contribution in [0.3, 0.4) is 0 Å². The van der Waals surface area contributed by atoms with Gasteiger partial charge in [-0.1, -0.05) is 13.8 Å². The second kappa shape index (κ2) is 8.76. The Labute approximate surface area is 115 Å². The van der Waals surface area contributed by atoms with E-state index in [1.165, 1.54) is 11.8 Å². The molecule has 1 amide bonds. The molecule has 0 aliphatic rings. The molecule has 0 saturated carbocycles. The summed E-state index contributed by atoms with van der Waals surface area (Å²) in [6.07, 6.45) is -0.131. The van der Waals surface area contributed by atoms with E-state index >= 15 is 0 Å². The third-order valence-corrected chi connectivity index (χ3v) is 3.42. The lowest BCUT2D eigenvalue weighted by atomic mass is 10.1. The fourth-order valence-corrected chi connectivity index (χ4v) is 1.94. The van der Waals surface area contributed by atoms with Gasteiger partial charge in [0.1, 0.15) is 12.1 Å². The van der Waals surface area contributed by atoms with Crippen LogP contribution < -0.4 is 11.1 Å². The minimum absolute atomic E-state index is 0.0230. The van der Waals surface area contributed by atoms with E-state index in [0.717, 1.165) is 0 Å². The van der Waals surface area contributed by atoms with Gasteiger partial charge in [0.05, 0.1) is 0 Å². The Balaban J connectivity index is 4.17. The zero-order valence-electron chi connectivity index (χ0n) is 11.0. The van der Waals surface area contributed by atoms with Gasteiger partial charge in [0.15, 0.2) is 0 Å². The monoisotopic (exact) mass is 292 g/mol. The molecule has 8 heteroatoms. The fourth-order valence-electron chi connectivity index (χ4n) is 1.14. The van der Waals surface area contributed by atoms with Crippen molar-refractivity contribution in [1.29, 1.82) is 0 Å². The highest BCUT2D eigenvalue weighted by Crippen LogP contribution is 2.11. The van der Waals surface area contributed by atoms with Gasteiger partial charge in [-0.25, -0.2) is 4.79 Å². The summed E-state index contributed by atoms with van der Waals surface area (Å²) < 4.78 is 0. The smallest absolute Gasteiger partial charge is 0.327 e. The maximum atomic E-state index is 11.5. The molecule has 0 spiro atoms. The third-order valence-electron chi connectivity index (χ3n) is 2.23. The van der Waals surface area contributed by atoms with E-state index in [1.807, 2.05) is 13.8 Å². The quantitative estimate of drug-likeness (QED) is 0.466. The Morgan fingerprint density at radius 3 is 2.21 bits per heavy atom. The van der Waals surface area contributed by atoms with Crippen LogP contribution in [0.1, 0.15) is 26.7 Å². The summed E-state index contributed by atoms with van der Waals surface area (Å²) in [5.74, 6) is -2.53. The normalized spacial score (nSPS) is 13.9. The van der Waals surface area contributed by atoms with Gasteiger partial charge in [-0.15, -0.1) is 0 Å². The van der Waals surface area contributed by atoms with Gasteiger partial charge in [0.25, 0.3) is 0 Å². The molecular weight excluding hydrogens is 272 g/mol. The number of nitrogens with one attached hydrogen (secondary N) is 1. The molecule has 0 saturated heterocycles. The number of carbonyl (C=O) groups excluding carboxylic acids is 1. The van der Waals surface area contributed by atoms with E-state index in [0.29, 0.717) is 0 Å². The summed E-state index contributed by atoms with van der Waals surface area (Å²) >= 11 is 1.42. The van der Waals surface area contributed by atoms with Crippen molar-refractivity contribution in [2.24, 2.45) is 5.73 Å². The highest BCUT2D eigenvalue weighted by atomic mass is 32.2. The molecule has 19 heavy (non-hydrogen) atoms. The van der Waals surface area contributed by atoms with Gasteiger partial charge in [0.2, 0.25) is 5.91 Å². The van der Waals surface area contributed by atoms with E-state index in [1.54, 1.807) is 0 Å². The molecule has 0 aromatic heterocycles. The van der Waals surface area contributed by atoms with Crippen molar-refractivity contribution < 1.29 is 24.6 Å². The van der Waals surface area contributed by atoms with Gasteiger partial charge < -0.3 is 21.3 Å². The summed E-state index contributed by atoms with van der Waals surface area (Å²) in [5.41, 5.74) is 5.25. The van der Waals surface area contributed by atoms with Crippen LogP contribution in [0.5, 0.6) is 0 Å². The fraction of sp³-hybridized carbons (Fsp3) is 0.727. The molecule has 0 fully saturated rings. The summed E-state index contributed by atoms with van der Waals surface area (Å²) in [6, 6.07) is -2.08. The van der Waals surface area contributed by atoms with Gasteiger partial charge in [0, 0.05) is 12.2 Å². The molecule has 0 heterocycles. The lowest BCUT2D eigenvalue weighted by Gasteiger charge is -2.15. The number of carboxylic acids is 2. The van der Waals surface area contributed by atoms with E-state index < -0.39 is 29.9 Å². The van der Waals surface area contributed by atoms with Gasteiger partial charge >= 0.3 is 11.9 Å². The van der Waals surface area contributed by atoms with E-state index in [4.69, 9.17) is 15.9 Å². The van der Waals surface area contributed by atoms with Crippen molar-refractivity contribution in [3.63, 3.8) is 0 Å². The number of aliphatic carboxylic acids is 2. The number of carbonyl (C=O) groups is 3. The van der Waals surface area contributed by atoms with Crippen LogP contribution in [0.15, 0.2) is 0 Å². The predicted molar refractivity (Wildman–Crippen MR) is 72.0 cm³/mol. The van der Waals surface area contributed by atoms with Crippen LogP contribution >= 0.6 is 11.8 Å². The van der Waals surface area contributed by atoms with Crippen molar-refractivity contribution in [3.8, 4) is 0 Å². The van der Waals surface area contributed by atoms with Gasteiger partial charge in [-0.05, 0) is 11.7 Å². The zero-order valence-corrected chi connectivity index (χ0v) is 11.8. The molecule has 110 valence electrons. The number of carboxylic acid groups (broad SMARTS) is 2. The van der Waals surface area contributed by atoms with Crippen LogP contribution in [-0.2, 0) is 14.4 Å². The average molecular weight is 292 g/mol. The molecular formula is C11H20N2O5S. The van der Waals surface area contributed by atoms with Crippen LogP contribution in [0.2, 0.25) is 0 Å². The first-order valence-corrected chi connectivity index (χ1v) is 6.91. The molecule has 7 nitrogen and oxygen atoms in total. The first-order valence-electron chi connectivity index (χ1n) is 5.86. The van der Waals surface area contributed by atoms with E-state index in [-0.39, 0.29) is 23.8 Å². The van der Waals surface area contributed by atoms with Crippen molar-refractivity contribution in [2.45, 2.75) is 44.0 Å². The number of hydrogen-bond donors (Lipinski definition) is 4. The molecule has 0 aromatic rings. The molecule has 1 unspecified atom stereocenters. The first kappa shape index (κ1) is 17.7. The molecule has 5 N–H and O–H groups in total. The maximum Gasteiger partial charge on any atom is 0.327 e. The van der Waals surface area contributed by atoms with Crippen molar-refractivity contribution >= 4 is 29.6 Å². The highest BCUT2D eigenvalue weighted by molar-refractivity contribution is 7.99. The minimum atomic E-state index is -1.18. The number of amides is 1. The zero-order chi connectivity index (χ0) is 15.0. The maximum absolute atomic E-state index is 11.5. The molecule has 0 rings (SSSR count). The van der Waals surface area contributed by atoms with Crippen molar-refractivity contribution in [1.82, 2.24) is 5.32 Å². The van der Waals surface area contributed by atoms with Crippen LogP contribution in [0.4, 0.5) is 0 Å². The highest BCUT2D eigenvalue weighted by Gasteiger charge is 2.21. The summed E-state index contributed by atoms with van der Waals surface area (Å²) in [4.78, 5) is 32.9. The lowest BCUT2D eigenvalue weighted by Crippen LogP contribution is -2.43. The van der Waals surface area contributed by atoms with Crippen molar-refractivity contribution in [2.75, 3.05) is 5.75 Å². The summed E-state index contributed by atoms with van der Waals surface area (Å²) in [7, 11) is 0. The first-order chi connectivity index (χ1) is 8.73. The predicted octanol–water partition coefficient (Wildman–Crippen LogP) is -0.110. The lowest BCUT2D eigenvalue weighted by molar-refractivity contribution is -0.141. The van der Waals surface area contributed by atoms with E-state index in [9.17, 15) is 14.4 Å². The standard InChI is InChI=1S/C11H20N2O5S/c1-6(2)19-5-8(11(17)18)13-9(14)4-3-7(12)10(15)16/h6-8H,3-5,12H2,1-2H3,(H,13,14)(H,15,16)(H,17,18)/t7?,8-/m0/s1. The van der Waals surface area contributed by atoms with Crippen LogP contribution in [0, 0.1) is 0 Å². The Morgan fingerprint density at radius 1 is 1.21 bits per heavy atom.